The number of nitrogens with zero attached hydrogens (tertiary/aromatic N) is 1. The van der Waals surface area contributed by atoms with Crippen molar-refractivity contribution < 1.29 is 12.9 Å². The molecule has 0 unspecified atom stereocenters. The summed E-state index contributed by atoms with van der Waals surface area (Å²) >= 11 is 6.70. The lowest BCUT2D eigenvalue weighted by atomic mass is 10.0. The third-order valence-electron chi connectivity index (χ3n) is 2.78. The van der Waals surface area contributed by atoms with Crippen LogP contribution in [0.15, 0.2) is 9.42 Å². The first kappa shape index (κ1) is 16.1. The first-order valence-electron chi connectivity index (χ1n) is 5.40. The van der Waals surface area contributed by atoms with Crippen LogP contribution in [0.25, 0.3) is 0 Å². The quantitative estimate of drug-likeness (QED) is 0.740. The lowest BCUT2D eigenvalue weighted by molar-refractivity contribution is 0.390. The number of aryl methyl sites for hydroxylation is 2. The molecule has 8 heteroatoms. The lowest BCUT2D eigenvalue weighted by Crippen LogP contribution is -2.51. The highest BCUT2D eigenvalue weighted by atomic mass is 79.9. The maximum atomic E-state index is 12.4. The Labute approximate surface area is 124 Å². The molecule has 0 saturated heterocycles. The molecule has 0 aliphatic carbocycles. The summed E-state index contributed by atoms with van der Waals surface area (Å²) in [5, 5.41) is 4.71. The number of sulfonamides is 1. The molecule has 0 atom stereocenters. The maximum absolute atomic E-state index is 12.4. The first-order chi connectivity index (χ1) is 8.32. The molecule has 0 bridgehead atoms. The molecule has 0 radical (unpaired) electrons. The molecule has 1 heterocycles. The fourth-order valence-corrected chi connectivity index (χ4v) is 5.72. The Balaban J connectivity index is 3.17. The van der Waals surface area contributed by atoms with E-state index >= 15 is 0 Å². The van der Waals surface area contributed by atoms with Crippen LogP contribution >= 0.6 is 31.9 Å². The van der Waals surface area contributed by atoms with Gasteiger partial charge < -0.3 is 4.52 Å². The van der Waals surface area contributed by atoms with Gasteiger partial charge in [0.25, 0.3) is 0 Å². The molecule has 104 valence electrons. The maximum Gasteiger partial charge on any atom is 0.246 e. The van der Waals surface area contributed by atoms with Crippen LogP contribution in [0.5, 0.6) is 0 Å². The molecule has 0 aliphatic rings. The van der Waals surface area contributed by atoms with Crippen molar-refractivity contribution in [2.24, 2.45) is 0 Å². The second-order valence-electron chi connectivity index (χ2n) is 4.16. The van der Waals surface area contributed by atoms with Gasteiger partial charge in [-0.1, -0.05) is 43.9 Å². The van der Waals surface area contributed by atoms with Gasteiger partial charge in [-0.2, -0.15) is 0 Å². The van der Waals surface area contributed by atoms with E-state index in [1.54, 1.807) is 13.8 Å². The Morgan fingerprint density at radius 3 is 2.22 bits per heavy atom. The number of hydrogen-bond donors (Lipinski definition) is 1. The number of nitrogens with one attached hydrogen (secondary N) is 1. The van der Waals surface area contributed by atoms with E-state index in [-0.39, 0.29) is 4.90 Å². The SMILES string of the molecule is CCC(CBr)(CBr)NS(=O)(=O)c1c(C)noc1C. The van der Waals surface area contributed by atoms with Crippen LogP contribution in [0.1, 0.15) is 24.8 Å². The molecular weight excluding hydrogens is 388 g/mol. The highest BCUT2D eigenvalue weighted by Crippen LogP contribution is 2.24. The molecule has 0 amide bonds. The topological polar surface area (TPSA) is 72.2 Å². The van der Waals surface area contributed by atoms with E-state index in [1.807, 2.05) is 6.92 Å². The van der Waals surface area contributed by atoms with Crippen molar-refractivity contribution in [1.82, 2.24) is 9.88 Å². The van der Waals surface area contributed by atoms with Crippen LogP contribution < -0.4 is 4.72 Å². The average Bonchev–Trinajstić information content (AvgIpc) is 2.67. The molecular formula is C10H16Br2N2O3S. The molecule has 5 nitrogen and oxygen atoms in total. The van der Waals surface area contributed by atoms with Gasteiger partial charge in [0.05, 0.1) is 5.54 Å². The summed E-state index contributed by atoms with van der Waals surface area (Å²) in [7, 11) is -3.64. The fraction of sp³-hybridized carbons (Fsp3) is 0.700. The third kappa shape index (κ3) is 3.15. The molecule has 0 saturated carbocycles. The van der Waals surface area contributed by atoms with E-state index in [9.17, 15) is 8.42 Å². The zero-order valence-corrected chi connectivity index (χ0v) is 14.4. The summed E-state index contributed by atoms with van der Waals surface area (Å²) < 4.78 is 32.4. The van der Waals surface area contributed by atoms with Gasteiger partial charge in [-0.05, 0) is 20.3 Å². The summed E-state index contributed by atoms with van der Waals surface area (Å²) in [4.78, 5) is 0.127. The predicted molar refractivity (Wildman–Crippen MR) is 76.9 cm³/mol. The van der Waals surface area contributed by atoms with Gasteiger partial charge in [0.1, 0.15) is 10.6 Å². The van der Waals surface area contributed by atoms with Crippen molar-refractivity contribution in [2.75, 3.05) is 10.7 Å². The van der Waals surface area contributed by atoms with E-state index in [0.717, 1.165) is 0 Å². The fourth-order valence-electron chi connectivity index (χ4n) is 1.55. The minimum atomic E-state index is -3.64. The van der Waals surface area contributed by atoms with Crippen molar-refractivity contribution in [3.8, 4) is 0 Å². The minimum absolute atomic E-state index is 0.127. The Morgan fingerprint density at radius 2 is 1.89 bits per heavy atom. The second kappa shape index (κ2) is 6.02. The molecule has 1 N–H and O–H groups in total. The number of rotatable bonds is 6. The summed E-state index contributed by atoms with van der Waals surface area (Å²) in [6, 6.07) is 0. The Hall–Kier alpha value is 0.0800. The third-order valence-corrected chi connectivity index (χ3v) is 6.74. The Morgan fingerprint density at radius 1 is 1.33 bits per heavy atom. The van der Waals surface area contributed by atoms with Crippen LogP contribution in [0.3, 0.4) is 0 Å². The molecule has 0 aromatic carbocycles. The van der Waals surface area contributed by atoms with Crippen LogP contribution in [0.4, 0.5) is 0 Å². The van der Waals surface area contributed by atoms with Crippen LogP contribution in [-0.2, 0) is 10.0 Å². The zero-order valence-electron chi connectivity index (χ0n) is 10.5. The number of aromatic nitrogens is 1. The standard InChI is InChI=1S/C10H16Br2N2O3S/c1-4-10(5-11,6-12)14-18(15,16)9-7(2)13-17-8(9)3/h14H,4-6H2,1-3H3. The molecule has 0 aliphatic heterocycles. The normalized spacial score (nSPS) is 12.9. The van der Waals surface area contributed by atoms with E-state index in [1.165, 1.54) is 0 Å². The van der Waals surface area contributed by atoms with Gasteiger partial charge in [-0.3, -0.25) is 0 Å². The first-order valence-corrected chi connectivity index (χ1v) is 9.13. The smallest absolute Gasteiger partial charge is 0.246 e. The molecule has 1 aromatic heterocycles. The molecule has 1 rings (SSSR count). The van der Waals surface area contributed by atoms with Crippen LogP contribution in [0.2, 0.25) is 0 Å². The van der Waals surface area contributed by atoms with Crippen LogP contribution in [0, 0.1) is 13.8 Å². The van der Waals surface area contributed by atoms with Crippen molar-refractivity contribution in [3.05, 3.63) is 11.5 Å². The molecule has 0 fully saturated rings. The largest absolute Gasteiger partial charge is 0.360 e. The summed E-state index contributed by atoms with van der Waals surface area (Å²) in [5.74, 6) is 0.300. The molecule has 18 heavy (non-hydrogen) atoms. The van der Waals surface area contributed by atoms with E-state index < -0.39 is 15.6 Å². The highest BCUT2D eigenvalue weighted by Gasteiger charge is 2.34. The average molecular weight is 404 g/mol. The summed E-state index contributed by atoms with van der Waals surface area (Å²) in [5.41, 5.74) is -0.191. The number of alkyl halides is 2. The Bertz CT molecular complexity index is 481. The van der Waals surface area contributed by atoms with E-state index in [0.29, 0.717) is 28.5 Å². The zero-order chi connectivity index (χ0) is 14.0. The number of hydrogen-bond acceptors (Lipinski definition) is 4. The molecule has 1 aromatic rings. The number of halogens is 2. The summed E-state index contributed by atoms with van der Waals surface area (Å²) in [6.45, 7) is 5.13. The van der Waals surface area contributed by atoms with Crippen molar-refractivity contribution in [1.29, 1.82) is 0 Å². The van der Waals surface area contributed by atoms with Crippen LogP contribution in [-0.4, -0.2) is 29.8 Å². The van der Waals surface area contributed by atoms with Gasteiger partial charge in [0.15, 0.2) is 5.76 Å². The van der Waals surface area contributed by atoms with Gasteiger partial charge in [0, 0.05) is 10.7 Å². The van der Waals surface area contributed by atoms with Crippen molar-refractivity contribution in [2.45, 2.75) is 37.6 Å². The predicted octanol–water partition coefficient (Wildman–Crippen LogP) is 2.51. The monoisotopic (exact) mass is 402 g/mol. The van der Waals surface area contributed by atoms with Gasteiger partial charge in [-0.15, -0.1) is 0 Å². The van der Waals surface area contributed by atoms with Gasteiger partial charge in [-0.25, -0.2) is 13.1 Å². The van der Waals surface area contributed by atoms with Crippen molar-refractivity contribution >= 4 is 41.9 Å². The van der Waals surface area contributed by atoms with Crippen molar-refractivity contribution in [3.63, 3.8) is 0 Å². The summed E-state index contributed by atoms with van der Waals surface area (Å²) in [6.07, 6.45) is 0.659. The van der Waals surface area contributed by atoms with E-state index in [2.05, 4.69) is 41.7 Å². The minimum Gasteiger partial charge on any atom is -0.360 e. The van der Waals surface area contributed by atoms with Gasteiger partial charge in [0.2, 0.25) is 10.0 Å². The Kier molecular flexibility index (Phi) is 5.40. The molecule has 0 spiro atoms. The van der Waals surface area contributed by atoms with Gasteiger partial charge >= 0.3 is 0 Å². The lowest BCUT2D eigenvalue weighted by Gasteiger charge is -2.29. The van der Waals surface area contributed by atoms with E-state index in [4.69, 9.17) is 4.52 Å². The second-order valence-corrected chi connectivity index (χ2v) is 6.90. The highest BCUT2D eigenvalue weighted by molar-refractivity contribution is 9.09.